The van der Waals surface area contributed by atoms with E-state index >= 15 is 0 Å². The Morgan fingerprint density at radius 1 is 1.42 bits per heavy atom. The molecule has 4 nitrogen and oxygen atoms in total. The minimum absolute atomic E-state index is 0.174. The molecule has 1 atom stereocenters. The van der Waals surface area contributed by atoms with E-state index in [1.54, 1.807) is 0 Å². The average molecular weight is 332 g/mol. The number of rotatable bonds is 8. The quantitative estimate of drug-likeness (QED) is 0.770. The first-order valence-electron chi connectivity index (χ1n) is 6.99. The van der Waals surface area contributed by atoms with Gasteiger partial charge in [0.25, 0.3) is 0 Å². The van der Waals surface area contributed by atoms with Crippen molar-refractivity contribution in [2.75, 3.05) is 13.2 Å². The summed E-state index contributed by atoms with van der Waals surface area (Å²) < 4.78 is 3.14. The molecule has 19 heavy (non-hydrogen) atoms. The number of aromatic nitrogens is 2. The predicted octanol–water partition coefficient (Wildman–Crippen LogP) is 2.79. The molecule has 1 unspecified atom stereocenters. The normalized spacial score (nSPS) is 14.6. The fourth-order valence-electron chi connectivity index (χ4n) is 2.16. The molecule has 1 aromatic rings. The van der Waals surface area contributed by atoms with Crippen LogP contribution in [0.2, 0.25) is 0 Å². The van der Waals surface area contributed by atoms with E-state index in [0.29, 0.717) is 0 Å². The first-order chi connectivity index (χ1) is 8.93. The number of hydrogen-bond donors (Lipinski definition) is 2. The summed E-state index contributed by atoms with van der Waals surface area (Å²) >= 11 is 3.54. The van der Waals surface area contributed by atoms with Crippen LogP contribution < -0.4 is 5.32 Å². The molecule has 110 valence electrons. The van der Waals surface area contributed by atoms with Gasteiger partial charge in [0.05, 0.1) is 16.8 Å². The van der Waals surface area contributed by atoms with Crippen molar-refractivity contribution in [3.8, 4) is 0 Å². The first kappa shape index (κ1) is 16.7. The van der Waals surface area contributed by atoms with Crippen LogP contribution in [0.5, 0.6) is 0 Å². The van der Waals surface area contributed by atoms with Gasteiger partial charge in [-0.05, 0) is 62.5 Å². The fraction of sp³-hybridized carbons (Fsp3) is 0.786. The topological polar surface area (TPSA) is 50.1 Å². The van der Waals surface area contributed by atoms with Crippen molar-refractivity contribution in [2.45, 2.75) is 59.0 Å². The number of hydrogen-bond acceptors (Lipinski definition) is 3. The molecule has 0 spiro atoms. The number of aliphatic hydroxyl groups is 1. The number of nitrogens with one attached hydrogen (secondary N) is 1. The number of aliphatic hydroxyl groups excluding tert-OH is 1. The highest BCUT2D eigenvalue weighted by Crippen LogP contribution is 2.21. The standard InChI is InChI=1S/C14H26BrN3O/c1-5-8-16-14(4,10-19)7-6-9-18-12(3)13(15)11(2)17-18/h16,19H,5-10H2,1-4H3. The lowest BCUT2D eigenvalue weighted by atomic mass is 9.96. The second kappa shape index (κ2) is 7.41. The molecule has 1 aromatic heterocycles. The van der Waals surface area contributed by atoms with Crippen molar-refractivity contribution in [3.05, 3.63) is 15.9 Å². The molecule has 0 saturated carbocycles. The summed E-state index contributed by atoms with van der Waals surface area (Å²) in [4.78, 5) is 0. The highest BCUT2D eigenvalue weighted by atomic mass is 79.9. The van der Waals surface area contributed by atoms with Crippen molar-refractivity contribution < 1.29 is 5.11 Å². The van der Waals surface area contributed by atoms with Crippen LogP contribution in [0, 0.1) is 13.8 Å². The Balaban J connectivity index is 2.50. The summed E-state index contributed by atoms with van der Waals surface area (Å²) in [7, 11) is 0. The zero-order chi connectivity index (χ0) is 14.5. The maximum Gasteiger partial charge on any atom is 0.0738 e. The zero-order valence-electron chi connectivity index (χ0n) is 12.5. The number of halogens is 1. The van der Waals surface area contributed by atoms with Gasteiger partial charge in [0.2, 0.25) is 0 Å². The highest BCUT2D eigenvalue weighted by Gasteiger charge is 2.21. The Morgan fingerprint density at radius 3 is 2.58 bits per heavy atom. The Kier molecular flexibility index (Phi) is 6.50. The fourth-order valence-corrected chi connectivity index (χ4v) is 2.45. The van der Waals surface area contributed by atoms with Gasteiger partial charge in [0.15, 0.2) is 0 Å². The summed E-state index contributed by atoms with van der Waals surface area (Å²) in [6.45, 7) is 10.3. The van der Waals surface area contributed by atoms with Crippen molar-refractivity contribution in [3.63, 3.8) is 0 Å². The molecule has 0 aliphatic heterocycles. The van der Waals surface area contributed by atoms with Gasteiger partial charge in [0, 0.05) is 17.8 Å². The summed E-state index contributed by atoms with van der Waals surface area (Å²) in [5.74, 6) is 0. The van der Waals surface area contributed by atoms with Crippen molar-refractivity contribution in [2.24, 2.45) is 0 Å². The lowest BCUT2D eigenvalue weighted by Crippen LogP contribution is -2.46. The largest absolute Gasteiger partial charge is 0.394 e. The molecule has 0 fully saturated rings. The van der Waals surface area contributed by atoms with E-state index in [1.165, 1.54) is 5.69 Å². The molecule has 0 aromatic carbocycles. The van der Waals surface area contributed by atoms with Crippen molar-refractivity contribution in [1.82, 2.24) is 15.1 Å². The van der Waals surface area contributed by atoms with E-state index in [4.69, 9.17) is 0 Å². The summed E-state index contributed by atoms with van der Waals surface area (Å²) in [5.41, 5.74) is 2.03. The number of aryl methyl sites for hydroxylation is 2. The van der Waals surface area contributed by atoms with Gasteiger partial charge in [-0.3, -0.25) is 4.68 Å². The van der Waals surface area contributed by atoms with Gasteiger partial charge >= 0.3 is 0 Å². The molecule has 0 radical (unpaired) electrons. The lowest BCUT2D eigenvalue weighted by Gasteiger charge is -2.29. The van der Waals surface area contributed by atoms with Gasteiger partial charge in [-0.25, -0.2) is 0 Å². The van der Waals surface area contributed by atoms with Crippen LogP contribution in [0.3, 0.4) is 0 Å². The van der Waals surface area contributed by atoms with E-state index in [2.05, 4.69) is 47.1 Å². The van der Waals surface area contributed by atoms with E-state index in [-0.39, 0.29) is 12.1 Å². The molecular weight excluding hydrogens is 306 g/mol. The average Bonchev–Trinajstić information content (AvgIpc) is 2.64. The summed E-state index contributed by atoms with van der Waals surface area (Å²) in [6, 6.07) is 0. The maximum atomic E-state index is 9.52. The van der Waals surface area contributed by atoms with Crippen LogP contribution in [-0.2, 0) is 6.54 Å². The SMILES string of the molecule is CCCNC(C)(CO)CCCn1nc(C)c(Br)c1C. The summed E-state index contributed by atoms with van der Waals surface area (Å²) in [6.07, 6.45) is 3.03. The van der Waals surface area contributed by atoms with E-state index in [1.807, 2.05) is 11.6 Å². The van der Waals surface area contributed by atoms with Crippen LogP contribution in [0.4, 0.5) is 0 Å². The monoisotopic (exact) mass is 331 g/mol. The third-order valence-electron chi connectivity index (χ3n) is 3.54. The molecule has 5 heteroatoms. The van der Waals surface area contributed by atoms with Crippen LogP contribution in [-0.4, -0.2) is 33.6 Å². The zero-order valence-corrected chi connectivity index (χ0v) is 14.0. The van der Waals surface area contributed by atoms with Gasteiger partial charge in [-0.1, -0.05) is 6.92 Å². The Morgan fingerprint density at radius 2 is 2.11 bits per heavy atom. The van der Waals surface area contributed by atoms with Crippen LogP contribution in [0.15, 0.2) is 4.47 Å². The van der Waals surface area contributed by atoms with E-state index in [0.717, 1.165) is 42.5 Å². The predicted molar refractivity (Wildman–Crippen MR) is 82.4 cm³/mol. The molecule has 2 N–H and O–H groups in total. The second-order valence-electron chi connectivity index (χ2n) is 5.46. The van der Waals surface area contributed by atoms with E-state index < -0.39 is 0 Å². The third kappa shape index (κ3) is 4.58. The molecule has 1 rings (SSSR count). The van der Waals surface area contributed by atoms with Crippen molar-refractivity contribution in [1.29, 1.82) is 0 Å². The lowest BCUT2D eigenvalue weighted by molar-refractivity contribution is 0.162. The molecule has 0 amide bonds. The third-order valence-corrected chi connectivity index (χ3v) is 4.69. The van der Waals surface area contributed by atoms with Gasteiger partial charge in [-0.2, -0.15) is 5.10 Å². The smallest absolute Gasteiger partial charge is 0.0738 e. The molecule has 0 aliphatic carbocycles. The second-order valence-corrected chi connectivity index (χ2v) is 6.25. The van der Waals surface area contributed by atoms with Crippen molar-refractivity contribution >= 4 is 15.9 Å². The van der Waals surface area contributed by atoms with Gasteiger partial charge in [-0.15, -0.1) is 0 Å². The molecule has 0 saturated heterocycles. The Labute approximate surface area is 124 Å². The molecule has 0 aliphatic rings. The van der Waals surface area contributed by atoms with Gasteiger partial charge in [0.1, 0.15) is 0 Å². The highest BCUT2D eigenvalue weighted by molar-refractivity contribution is 9.10. The minimum atomic E-state index is -0.177. The van der Waals surface area contributed by atoms with Crippen LogP contribution in [0.25, 0.3) is 0 Å². The molecule has 0 bridgehead atoms. The Bertz CT molecular complexity index is 406. The maximum absolute atomic E-state index is 9.52. The Hall–Kier alpha value is -0.390. The molecular formula is C14H26BrN3O. The van der Waals surface area contributed by atoms with Crippen LogP contribution >= 0.6 is 15.9 Å². The first-order valence-corrected chi connectivity index (χ1v) is 7.78. The molecule has 1 heterocycles. The van der Waals surface area contributed by atoms with E-state index in [9.17, 15) is 5.11 Å². The number of nitrogens with zero attached hydrogens (tertiary/aromatic N) is 2. The minimum Gasteiger partial charge on any atom is -0.394 e. The van der Waals surface area contributed by atoms with Crippen LogP contribution in [0.1, 0.15) is 44.5 Å². The van der Waals surface area contributed by atoms with Gasteiger partial charge < -0.3 is 10.4 Å². The summed E-state index contributed by atoms with van der Waals surface area (Å²) in [5, 5.41) is 17.4.